The smallest absolute Gasteiger partial charge is 0.252 e. The van der Waals surface area contributed by atoms with Crippen LogP contribution in [0.4, 0.5) is 0 Å². The first-order valence-corrected chi connectivity index (χ1v) is 11.7. The van der Waals surface area contributed by atoms with Crippen LogP contribution in [-0.2, 0) is 27.6 Å². The molecule has 3 rings (SSSR count). The number of terminal acetylenes is 1. The van der Waals surface area contributed by atoms with Crippen molar-refractivity contribution >= 4 is 53.2 Å². The number of sulfone groups is 1. The van der Waals surface area contributed by atoms with E-state index in [1.54, 1.807) is 19.1 Å². The summed E-state index contributed by atoms with van der Waals surface area (Å²) in [4.78, 5) is 17.5. The Morgan fingerprint density at radius 3 is 2.61 bits per heavy atom. The number of aromatic nitrogens is 1. The van der Waals surface area contributed by atoms with Crippen molar-refractivity contribution in [1.29, 1.82) is 0 Å². The molecular formula is C20H17BrN2O3S2. The van der Waals surface area contributed by atoms with Gasteiger partial charge in [-0.05, 0) is 35.9 Å². The highest BCUT2D eigenvalue weighted by Crippen LogP contribution is 2.22. The van der Waals surface area contributed by atoms with Gasteiger partial charge < -0.3 is 4.57 Å². The molecule has 0 aliphatic carbocycles. The number of halogens is 1. The topological polar surface area (TPSA) is 68.5 Å². The van der Waals surface area contributed by atoms with Gasteiger partial charge in [0.05, 0.1) is 33.8 Å². The van der Waals surface area contributed by atoms with Gasteiger partial charge >= 0.3 is 0 Å². The van der Waals surface area contributed by atoms with Gasteiger partial charge in [0.1, 0.15) is 0 Å². The van der Waals surface area contributed by atoms with E-state index in [1.165, 1.54) is 23.5 Å². The molecule has 0 spiro atoms. The van der Waals surface area contributed by atoms with Crippen LogP contribution in [0.5, 0.6) is 0 Å². The molecule has 0 unspecified atom stereocenters. The molecule has 1 aromatic heterocycles. The maximum atomic E-state index is 12.5. The first kappa shape index (κ1) is 20.5. The summed E-state index contributed by atoms with van der Waals surface area (Å²) in [5.41, 5.74) is 1.63. The molecule has 5 nitrogen and oxygen atoms in total. The van der Waals surface area contributed by atoms with Gasteiger partial charge in [0.15, 0.2) is 14.6 Å². The normalized spacial score (nSPS) is 12.2. The maximum absolute atomic E-state index is 12.5. The second-order valence-electron chi connectivity index (χ2n) is 6.02. The summed E-state index contributed by atoms with van der Waals surface area (Å²) >= 11 is 4.84. The molecule has 0 aliphatic heterocycles. The van der Waals surface area contributed by atoms with Crippen LogP contribution in [0.3, 0.4) is 0 Å². The van der Waals surface area contributed by atoms with Crippen molar-refractivity contribution in [2.24, 2.45) is 4.99 Å². The summed E-state index contributed by atoms with van der Waals surface area (Å²) in [6.07, 6.45) is 5.56. The molecule has 28 heavy (non-hydrogen) atoms. The van der Waals surface area contributed by atoms with Gasteiger partial charge in [0.2, 0.25) is 0 Å². The lowest BCUT2D eigenvalue weighted by molar-refractivity contribution is -0.117. The van der Waals surface area contributed by atoms with Gasteiger partial charge in [0, 0.05) is 4.47 Å². The molecule has 0 saturated carbocycles. The summed E-state index contributed by atoms with van der Waals surface area (Å²) in [5, 5.41) is 0. The van der Waals surface area contributed by atoms with Crippen molar-refractivity contribution in [1.82, 2.24) is 4.57 Å². The van der Waals surface area contributed by atoms with E-state index in [0.717, 1.165) is 14.7 Å². The van der Waals surface area contributed by atoms with Crippen LogP contribution in [0, 0.1) is 12.3 Å². The summed E-state index contributed by atoms with van der Waals surface area (Å²) in [6.45, 7) is 1.91. The Labute approximate surface area is 175 Å². The lowest BCUT2D eigenvalue weighted by atomic mass is 10.1. The minimum Gasteiger partial charge on any atom is -0.305 e. The third kappa shape index (κ3) is 4.43. The highest BCUT2D eigenvalue weighted by Gasteiger charge is 2.12. The third-order valence-corrected chi connectivity index (χ3v) is 7.42. The molecule has 0 atom stereocenters. The molecule has 3 aromatic rings. The molecule has 0 saturated heterocycles. The zero-order valence-corrected chi connectivity index (χ0v) is 18.3. The van der Waals surface area contributed by atoms with Gasteiger partial charge in [-0.3, -0.25) is 4.79 Å². The van der Waals surface area contributed by atoms with Crippen molar-refractivity contribution in [3.05, 3.63) is 57.3 Å². The fraction of sp³-hybridized carbons (Fsp3) is 0.200. The van der Waals surface area contributed by atoms with Crippen LogP contribution in [-0.4, -0.2) is 24.6 Å². The van der Waals surface area contributed by atoms with Crippen LogP contribution in [0.25, 0.3) is 10.2 Å². The van der Waals surface area contributed by atoms with Crippen LogP contribution in [0.1, 0.15) is 12.5 Å². The van der Waals surface area contributed by atoms with E-state index >= 15 is 0 Å². The largest absolute Gasteiger partial charge is 0.305 e. The Morgan fingerprint density at radius 2 is 1.96 bits per heavy atom. The number of amides is 1. The van der Waals surface area contributed by atoms with Gasteiger partial charge in [-0.1, -0.05) is 52.2 Å². The van der Waals surface area contributed by atoms with Gasteiger partial charge in [0.25, 0.3) is 5.91 Å². The number of thiazole rings is 1. The van der Waals surface area contributed by atoms with Crippen molar-refractivity contribution in [3.63, 3.8) is 0 Å². The fourth-order valence-corrected chi connectivity index (χ4v) is 5.16. The second-order valence-corrected chi connectivity index (χ2v) is 10.2. The average molecular weight is 477 g/mol. The van der Waals surface area contributed by atoms with Crippen LogP contribution in [0.2, 0.25) is 0 Å². The zero-order chi connectivity index (χ0) is 20.3. The summed E-state index contributed by atoms with van der Waals surface area (Å²) < 4.78 is 27.5. The molecule has 1 heterocycles. The third-order valence-electron chi connectivity index (χ3n) is 4.13. The molecular weight excluding hydrogens is 460 g/mol. The Morgan fingerprint density at radius 1 is 1.25 bits per heavy atom. The first-order valence-electron chi connectivity index (χ1n) is 8.45. The monoisotopic (exact) mass is 476 g/mol. The summed E-state index contributed by atoms with van der Waals surface area (Å²) in [6, 6.07) is 12.2. The Kier molecular flexibility index (Phi) is 6.18. The zero-order valence-electron chi connectivity index (χ0n) is 15.1. The van der Waals surface area contributed by atoms with Crippen LogP contribution < -0.4 is 4.80 Å². The van der Waals surface area contributed by atoms with E-state index in [0.29, 0.717) is 16.9 Å². The predicted octanol–water partition coefficient (Wildman–Crippen LogP) is 3.56. The number of rotatable bonds is 5. The molecule has 0 aliphatic rings. The van der Waals surface area contributed by atoms with Crippen molar-refractivity contribution < 1.29 is 13.2 Å². The van der Waals surface area contributed by atoms with Crippen molar-refractivity contribution in [3.8, 4) is 12.3 Å². The van der Waals surface area contributed by atoms with E-state index in [1.807, 2.05) is 22.8 Å². The Balaban J connectivity index is 1.91. The van der Waals surface area contributed by atoms with Crippen LogP contribution in [0.15, 0.2) is 56.8 Å². The van der Waals surface area contributed by atoms with E-state index in [9.17, 15) is 13.2 Å². The lowest BCUT2D eigenvalue weighted by Crippen LogP contribution is -2.17. The summed E-state index contributed by atoms with van der Waals surface area (Å²) in [7, 11) is -3.25. The average Bonchev–Trinajstić information content (AvgIpc) is 2.98. The minimum atomic E-state index is -3.25. The summed E-state index contributed by atoms with van der Waals surface area (Å²) in [5.74, 6) is 2.32. The van der Waals surface area contributed by atoms with Gasteiger partial charge in [-0.2, -0.15) is 4.99 Å². The van der Waals surface area contributed by atoms with E-state index in [4.69, 9.17) is 6.42 Å². The molecule has 0 fully saturated rings. The SMILES string of the molecule is C#CCn1c(=NC(=O)Cc2ccc(S(=O)(=O)CC)cc2)sc2cc(Br)ccc21. The van der Waals surface area contributed by atoms with E-state index in [2.05, 4.69) is 26.8 Å². The number of fused-ring (bicyclic) bond motifs is 1. The number of benzene rings is 2. The number of carbonyl (C=O) groups is 1. The molecule has 0 bridgehead atoms. The van der Waals surface area contributed by atoms with Crippen molar-refractivity contribution in [2.75, 3.05) is 5.75 Å². The molecule has 0 radical (unpaired) electrons. The highest BCUT2D eigenvalue weighted by atomic mass is 79.9. The van der Waals surface area contributed by atoms with Crippen molar-refractivity contribution in [2.45, 2.75) is 24.8 Å². The van der Waals surface area contributed by atoms with E-state index < -0.39 is 9.84 Å². The number of hydrogen-bond acceptors (Lipinski definition) is 4. The lowest BCUT2D eigenvalue weighted by Gasteiger charge is -2.03. The molecule has 0 N–H and O–H groups in total. The highest BCUT2D eigenvalue weighted by molar-refractivity contribution is 9.10. The van der Waals surface area contributed by atoms with Gasteiger partial charge in [-0.15, -0.1) is 6.42 Å². The number of carbonyl (C=O) groups excluding carboxylic acids is 1. The predicted molar refractivity (Wildman–Crippen MR) is 115 cm³/mol. The van der Waals surface area contributed by atoms with Crippen LogP contribution >= 0.6 is 27.3 Å². The number of hydrogen-bond donors (Lipinski definition) is 0. The first-order chi connectivity index (χ1) is 13.3. The number of nitrogens with zero attached hydrogens (tertiary/aromatic N) is 2. The Hall–Kier alpha value is -2.21. The maximum Gasteiger partial charge on any atom is 0.252 e. The molecule has 8 heteroatoms. The van der Waals surface area contributed by atoms with E-state index in [-0.39, 0.29) is 23.0 Å². The quantitative estimate of drug-likeness (QED) is 0.528. The van der Waals surface area contributed by atoms with Gasteiger partial charge in [-0.25, -0.2) is 8.42 Å². The second kappa shape index (κ2) is 8.43. The standard InChI is InChI=1S/C20H17BrN2O3S2/c1-3-11-23-17-10-7-15(21)13-18(17)27-20(23)22-19(24)12-14-5-8-16(9-6-14)28(25,26)4-2/h1,5-10,13H,4,11-12H2,2H3. The minimum absolute atomic E-state index is 0.0395. The Bertz CT molecular complexity index is 1250. The fourth-order valence-electron chi connectivity index (χ4n) is 2.68. The molecule has 1 amide bonds. The molecule has 2 aromatic carbocycles. The molecule has 144 valence electrons.